The van der Waals surface area contributed by atoms with Gasteiger partial charge in [0.15, 0.2) is 5.82 Å². The number of hydrogen-bond donors (Lipinski definition) is 0. The monoisotopic (exact) mass is 403 g/mol. The number of halogens is 1. The standard InChI is InChI=1S/C22H18BrN3/c1-26(15-16-8-3-2-4-9-16)22-19-12-5-6-13-20(19)24-21(25-22)17-10-7-11-18(23)14-17/h2-14H,15H2,1H3. The van der Waals surface area contributed by atoms with E-state index in [1.807, 2.05) is 48.5 Å². The van der Waals surface area contributed by atoms with Crippen LogP contribution < -0.4 is 4.90 Å². The minimum atomic E-state index is 0.736. The van der Waals surface area contributed by atoms with Crippen molar-refractivity contribution in [1.82, 2.24) is 9.97 Å². The van der Waals surface area contributed by atoms with Gasteiger partial charge < -0.3 is 4.90 Å². The Kier molecular flexibility index (Phi) is 4.67. The van der Waals surface area contributed by atoms with Crippen molar-refractivity contribution in [3.8, 4) is 11.4 Å². The zero-order chi connectivity index (χ0) is 17.9. The van der Waals surface area contributed by atoms with E-state index in [9.17, 15) is 0 Å². The summed E-state index contributed by atoms with van der Waals surface area (Å²) in [6.07, 6.45) is 0. The van der Waals surface area contributed by atoms with Crippen LogP contribution in [0.5, 0.6) is 0 Å². The van der Waals surface area contributed by atoms with Crippen LogP contribution in [-0.2, 0) is 6.54 Å². The Morgan fingerprint density at radius 2 is 1.62 bits per heavy atom. The van der Waals surface area contributed by atoms with E-state index in [4.69, 9.17) is 9.97 Å². The van der Waals surface area contributed by atoms with Crippen LogP contribution in [0.25, 0.3) is 22.3 Å². The topological polar surface area (TPSA) is 29.0 Å². The maximum absolute atomic E-state index is 4.90. The fourth-order valence-corrected chi connectivity index (χ4v) is 3.44. The van der Waals surface area contributed by atoms with Crippen LogP contribution in [0.1, 0.15) is 5.56 Å². The molecule has 0 N–H and O–H groups in total. The van der Waals surface area contributed by atoms with Crippen LogP contribution >= 0.6 is 15.9 Å². The first-order valence-corrected chi connectivity index (χ1v) is 9.28. The number of nitrogens with zero attached hydrogens (tertiary/aromatic N) is 3. The van der Waals surface area contributed by atoms with E-state index in [1.54, 1.807) is 0 Å². The van der Waals surface area contributed by atoms with Gasteiger partial charge in [0.2, 0.25) is 0 Å². The largest absolute Gasteiger partial charge is 0.355 e. The first-order chi connectivity index (χ1) is 12.7. The van der Waals surface area contributed by atoms with E-state index >= 15 is 0 Å². The summed E-state index contributed by atoms with van der Waals surface area (Å²) in [5.74, 6) is 1.68. The molecular formula is C22H18BrN3. The molecule has 3 aromatic carbocycles. The van der Waals surface area contributed by atoms with Gasteiger partial charge in [-0.15, -0.1) is 0 Å². The van der Waals surface area contributed by atoms with Crippen LogP contribution in [-0.4, -0.2) is 17.0 Å². The highest BCUT2D eigenvalue weighted by Crippen LogP contribution is 2.28. The smallest absolute Gasteiger partial charge is 0.162 e. The number of hydrogen-bond acceptors (Lipinski definition) is 3. The second-order valence-electron chi connectivity index (χ2n) is 6.24. The molecule has 0 radical (unpaired) electrons. The molecule has 0 saturated heterocycles. The summed E-state index contributed by atoms with van der Waals surface area (Å²) < 4.78 is 1.02. The molecule has 4 rings (SSSR count). The Balaban J connectivity index is 1.82. The van der Waals surface area contributed by atoms with Crippen LogP contribution in [0, 0.1) is 0 Å². The average molecular weight is 404 g/mol. The van der Waals surface area contributed by atoms with E-state index in [1.165, 1.54) is 5.56 Å². The molecular weight excluding hydrogens is 386 g/mol. The summed E-state index contributed by atoms with van der Waals surface area (Å²) in [7, 11) is 2.08. The van der Waals surface area contributed by atoms with Gasteiger partial charge in [0.25, 0.3) is 0 Å². The van der Waals surface area contributed by atoms with E-state index in [0.29, 0.717) is 0 Å². The van der Waals surface area contributed by atoms with Crippen LogP contribution in [0.3, 0.4) is 0 Å². The zero-order valence-corrected chi connectivity index (χ0v) is 16.0. The first-order valence-electron chi connectivity index (χ1n) is 8.48. The number of anilines is 1. The van der Waals surface area contributed by atoms with Crippen molar-refractivity contribution in [1.29, 1.82) is 0 Å². The van der Waals surface area contributed by atoms with E-state index in [2.05, 4.69) is 58.2 Å². The summed E-state index contributed by atoms with van der Waals surface area (Å²) in [6.45, 7) is 0.791. The van der Waals surface area contributed by atoms with Crippen molar-refractivity contribution < 1.29 is 0 Å². The van der Waals surface area contributed by atoms with Gasteiger partial charge in [-0.25, -0.2) is 9.97 Å². The van der Waals surface area contributed by atoms with Gasteiger partial charge in [-0.1, -0.05) is 70.5 Å². The Morgan fingerprint density at radius 1 is 0.846 bits per heavy atom. The highest BCUT2D eigenvalue weighted by Gasteiger charge is 2.13. The molecule has 1 aromatic heterocycles. The number of rotatable bonds is 4. The minimum Gasteiger partial charge on any atom is -0.355 e. The first kappa shape index (κ1) is 16.7. The zero-order valence-electron chi connectivity index (χ0n) is 14.4. The van der Waals surface area contributed by atoms with Gasteiger partial charge in [0.05, 0.1) is 5.52 Å². The Labute approximate surface area is 161 Å². The number of para-hydroxylation sites is 1. The predicted octanol–water partition coefficient (Wildman–Crippen LogP) is 5.70. The van der Waals surface area contributed by atoms with E-state index < -0.39 is 0 Å². The number of aromatic nitrogens is 2. The van der Waals surface area contributed by atoms with Gasteiger partial charge in [-0.05, 0) is 29.8 Å². The van der Waals surface area contributed by atoms with Gasteiger partial charge in [-0.2, -0.15) is 0 Å². The lowest BCUT2D eigenvalue weighted by molar-refractivity contribution is 0.902. The van der Waals surface area contributed by atoms with Crippen LogP contribution in [0.2, 0.25) is 0 Å². The maximum atomic E-state index is 4.90. The summed E-state index contributed by atoms with van der Waals surface area (Å²) in [5.41, 5.74) is 3.20. The Bertz CT molecular complexity index is 1050. The molecule has 0 aliphatic rings. The Morgan fingerprint density at radius 3 is 2.42 bits per heavy atom. The average Bonchev–Trinajstić information content (AvgIpc) is 2.68. The molecule has 0 spiro atoms. The highest BCUT2D eigenvalue weighted by atomic mass is 79.9. The molecule has 0 fully saturated rings. The summed E-state index contributed by atoms with van der Waals surface area (Å²) >= 11 is 3.53. The molecule has 1 heterocycles. The third-order valence-corrected chi connectivity index (χ3v) is 4.78. The molecule has 4 aromatic rings. The van der Waals surface area contributed by atoms with Gasteiger partial charge in [-0.3, -0.25) is 0 Å². The summed E-state index contributed by atoms with van der Waals surface area (Å²) in [6, 6.07) is 26.7. The van der Waals surface area contributed by atoms with Crippen LogP contribution in [0.4, 0.5) is 5.82 Å². The lowest BCUT2D eigenvalue weighted by Crippen LogP contribution is -2.18. The Hall–Kier alpha value is -2.72. The molecule has 0 amide bonds. The minimum absolute atomic E-state index is 0.736. The van der Waals surface area contributed by atoms with Crippen molar-refractivity contribution in [2.75, 3.05) is 11.9 Å². The lowest BCUT2D eigenvalue weighted by Gasteiger charge is -2.21. The maximum Gasteiger partial charge on any atom is 0.162 e. The predicted molar refractivity (Wildman–Crippen MR) is 111 cm³/mol. The molecule has 4 heteroatoms. The molecule has 0 atom stereocenters. The number of benzene rings is 3. The van der Waals surface area contributed by atoms with E-state index in [0.717, 1.165) is 39.1 Å². The normalized spacial score (nSPS) is 10.8. The molecule has 0 unspecified atom stereocenters. The van der Waals surface area contributed by atoms with Crippen molar-refractivity contribution in [2.24, 2.45) is 0 Å². The molecule has 128 valence electrons. The van der Waals surface area contributed by atoms with Crippen molar-refractivity contribution >= 4 is 32.7 Å². The van der Waals surface area contributed by atoms with Crippen molar-refractivity contribution in [3.63, 3.8) is 0 Å². The van der Waals surface area contributed by atoms with Crippen molar-refractivity contribution in [3.05, 3.63) is 88.9 Å². The second kappa shape index (κ2) is 7.26. The fraction of sp³-hybridized carbons (Fsp3) is 0.0909. The third-order valence-electron chi connectivity index (χ3n) is 4.29. The molecule has 0 aliphatic heterocycles. The summed E-state index contributed by atoms with van der Waals surface area (Å²) in [4.78, 5) is 11.9. The highest BCUT2D eigenvalue weighted by molar-refractivity contribution is 9.10. The van der Waals surface area contributed by atoms with Gasteiger partial charge in [0.1, 0.15) is 5.82 Å². The van der Waals surface area contributed by atoms with Crippen molar-refractivity contribution in [2.45, 2.75) is 6.54 Å². The fourth-order valence-electron chi connectivity index (χ4n) is 3.04. The molecule has 0 saturated carbocycles. The second-order valence-corrected chi connectivity index (χ2v) is 7.16. The molecule has 0 bridgehead atoms. The SMILES string of the molecule is CN(Cc1ccccc1)c1nc(-c2cccc(Br)c2)nc2ccccc12. The molecule has 3 nitrogen and oxygen atoms in total. The van der Waals surface area contributed by atoms with Crippen LogP contribution in [0.15, 0.2) is 83.3 Å². The van der Waals surface area contributed by atoms with Gasteiger partial charge >= 0.3 is 0 Å². The quantitative estimate of drug-likeness (QED) is 0.437. The summed E-state index contributed by atoms with van der Waals surface area (Å²) in [5, 5.41) is 1.06. The van der Waals surface area contributed by atoms with Gasteiger partial charge in [0, 0.05) is 29.0 Å². The third kappa shape index (κ3) is 3.46. The van der Waals surface area contributed by atoms with E-state index in [-0.39, 0.29) is 0 Å². The molecule has 0 aliphatic carbocycles. The molecule has 26 heavy (non-hydrogen) atoms. The lowest BCUT2D eigenvalue weighted by atomic mass is 10.1. The number of fused-ring (bicyclic) bond motifs is 1.